The zero-order valence-corrected chi connectivity index (χ0v) is 15.5. The van der Waals surface area contributed by atoms with Gasteiger partial charge in [-0.25, -0.2) is 9.97 Å². The van der Waals surface area contributed by atoms with Gasteiger partial charge in [0.2, 0.25) is 0 Å². The molecule has 1 aromatic heterocycles. The molecular formula is C22H20N4O2. The summed E-state index contributed by atoms with van der Waals surface area (Å²) in [5.74, 6) is 0.729. The summed E-state index contributed by atoms with van der Waals surface area (Å²) < 4.78 is 0. The van der Waals surface area contributed by atoms with Gasteiger partial charge in [-0.3, -0.25) is 9.59 Å². The SMILES string of the molecule is CC(=O)c1cccc(NC(=O)c2cc(NC3CC3)nc(-c3ccccc3)n2)c1. The van der Waals surface area contributed by atoms with Crippen LogP contribution in [0.25, 0.3) is 11.4 Å². The first kappa shape index (κ1) is 17.9. The minimum Gasteiger partial charge on any atom is -0.367 e. The van der Waals surface area contributed by atoms with Crippen molar-refractivity contribution in [2.75, 3.05) is 10.6 Å². The Labute approximate surface area is 163 Å². The Morgan fingerprint density at radius 3 is 2.46 bits per heavy atom. The number of hydrogen-bond donors (Lipinski definition) is 2. The fraction of sp³-hybridized carbons (Fsp3) is 0.182. The number of ketones is 1. The van der Waals surface area contributed by atoms with Gasteiger partial charge in [0.25, 0.3) is 5.91 Å². The van der Waals surface area contributed by atoms with Gasteiger partial charge in [0, 0.05) is 28.9 Å². The highest BCUT2D eigenvalue weighted by atomic mass is 16.2. The van der Waals surface area contributed by atoms with Crippen molar-refractivity contribution >= 4 is 23.2 Å². The summed E-state index contributed by atoms with van der Waals surface area (Å²) in [6, 6.07) is 18.5. The summed E-state index contributed by atoms with van der Waals surface area (Å²) in [6.07, 6.45) is 2.20. The van der Waals surface area contributed by atoms with Crippen molar-refractivity contribution in [3.8, 4) is 11.4 Å². The van der Waals surface area contributed by atoms with Crippen LogP contribution in [0.4, 0.5) is 11.5 Å². The minimum absolute atomic E-state index is 0.0552. The van der Waals surface area contributed by atoms with E-state index in [1.807, 2.05) is 30.3 Å². The molecule has 6 heteroatoms. The first-order valence-corrected chi connectivity index (χ1v) is 9.22. The number of aromatic nitrogens is 2. The zero-order valence-electron chi connectivity index (χ0n) is 15.5. The van der Waals surface area contributed by atoms with E-state index in [2.05, 4.69) is 20.6 Å². The average molecular weight is 372 g/mol. The fourth-order valence-electron chi connectivity index (χ4n) is 2.80. The van der Waals surface area contributed by atoms with E-state index in [1.54, 1.807) is 30.3 Å². The molecule has 0 spiro atoms. The molecule has 4 rings (SSSR count). The standard InChI is InChI=1S/C22H20N4O2/c1-14(27)16-8-5-9-18(12-16)24-22(28)19-13-20(23-17-10-11-17)26-21(25-19)15-6-3-2-4-7-15/h2-9,12-13,17H,10-11H2,1H3,(H,24,28)(H,23,25,26). The molecule has 0 saturated heterocycles. The maximum Gasteiger partial charge on any atom is 0.274 e. The second kappa shape index (κ2) is 7.60. The highest BCUT2D eigenvalue weighted by Gasteiger charge is 2.23. The summed E-state index contributed by atoms with van der Waals surface area (Å²) in [6.45, 7) is 1.49. The lowest BCUT2D eigenvalue weighted by Crippen LogP contribution is -2.16. The van der Waals surface area contributed by atoms with Crippen LogP contribution in [-0.2, 0) is 0 Å². The Morgan fingerprint density at radius 1 is 0.964 bits per heavy atom. The molecule has 1 fully saturated rings. The number of rotatable bonds is 6. The Balaban J connectivity index is 1.64. The van der Waals surface area contributed by atoms with Crippen LogP contribution in [0.3, 0.4) is 0 Å². The van der Waals surface area contributed by atoms with Crippen molar-refractivity contribution in [2.45, 2.75) is 25.8 Å². The van der Waals surface area contributed by atoms with E-state index in [4.69, 9.17) is 0 Å². The van der Waals surface area contributed by atoms with Gasteiger partial charge in [-0.15, -0.1) is 0 Å². The molecule has 1 aliphatic rings. The number of nitrogens with zero attached hydrogens (tertiary/aromatic N) is 2. The molecule has 0 bridgehead atoms. The lowest BCUT2D eigenvalue weighted by Gasteiger charge is -2.10. The van der Waals surface area contributed by atoms with Crippen LogP contribution in [0.2, 0.25) is 0 Å². The van der Waals surface area contributed by atoms with E-state index < -0.39 is 0 Å². The second-order valence-corrected chi connectivity index (χ2v) is 6.84. The van der Waals surface area contributed by atoms with Crippen LogP contribution in [0.1, 0.15) is 40.6 Å². The molecule has 1 saturated carbocycles. The number of nitrogens with one attached hydrogen (secondary N) is 2. The molecule has 2 N–H and O–H groups in total. The average Bonchev–Trinajstić information content (AvgIpc) is 3.52. The van der Waals surface area contributed by atoms with Crippen LogP contribution in [0.5, 0.6) is 0 Å². The minimum atomic E-state index is -0.348. The maximum atomic E-state index is 12.8. The van der Waals surface area contributed by atoms with E-state index in [0.717, 1.165) is 18.4 Å². The van der Waals surface area contributed by atoms with E-state index in [1.165, 1.54) is 6.92 Å². The zero-order chi connectivity index (χ0) is 19.5. The predicted octanol–water partition coefficient (Wildman–Crippen LogP) is 4.17. The first-order valence-electron chi connectivity index (χ1n) is 9.22. The van der Waals surface area contributed by atoms with Crippen molar-refractivity contribution in [3.05, 3.63) is 71.9 Å². The Hall–Kier alpha value is -3.54. The molecule has 0 aliphatic heterocycles. The fourth-order valence-corrected chi connectivity index (χ4v) is 2.80. The molecule has 0 atom stereocenters. The van der Waals surface area contributed by atoms with Gasteiger partial charge in [0.1, 0.15) is 11.5 Å². The van der Waals surface area contributed by atoms with Crippen LogP contribution in [0.15, 0.2) is 60.7 Å². The van der Waals surface area contributed by atoms with Crippen LogP contribution >= 0.6 is 0 Å². The van der Waals surface area contributed by atoms with Gasteiger partial charge in [0.15, 0.2) is 11.6 Å². The van der Waals surface area contributed by atoms with Gasteiger partial charge >= 0.3 is 0 Å². The third-order valence-corrected chi connectivity index (χ3v) is 4.45. The summed E-state index contributed by atoms with van der Waals surface area (Å²) in [7, 11) is 0. The summed E-state index contributed by atoms with van der Waals surface area (Å²) in [4.78, 5) is 33.4. The lowest BCUT2D eigenvalue weighted by atomic mass is 10.1. The molecule has 140 valence electrons. The molecule has 1 amide bonds. The third-order valence-electron chi connectivity index (χ3n) is 4.45. The van der Waals surface area contributed by atoms with Gasteiger partial charge in [-0.2, -0.15) is 0 Å². The van der Waals surface area contributed by atoms with E-state index in [9.17, 15) is 9.59 Å². The van der Waals surface area contributed by atoms with Gasteiger partial charge in [-0.05, 0) is 31.9 Å². The molecule has 28 heavy (non-hydrogen) atoms. The topological polar surface area (TPSA) is 84.0 Å². The second-order valence-electron chi connectivity index (χ2n) is 6.84. The Morgan fingerprint density at radius 2 is 1.75 bits per heavy atom. The van der Waals surface area contributed by atoms with E-state index in [0.29, 0.717) is 28.9 Å². The molecule has 0 unspecified atom stereocenters. The lowest BCUT2D eigenvalue weighted by molar-refractivity contribution is 0.100. The predicted molar refractivity (Wildman–Crippen MR) is 109 cm³/mol. The van der Waals surface area contributed by atoms with Crippen LogP contribution in [0, 0.1) is 0 Å². The summed E-state index contributed by atoms with van der Waals surface area (Å²) >= 11 is 0. The number of Topliss-reactive ketones (excluding diaryl/α,β-unsaturated/α-hetero) is 1. The Kier molecular flexibility index (Phi) is 4.85. The van der Waals surface area contributed by atoms with E-state index in [-0.39, 0.29) is 17.4 Å². The van der Waals surface area contributed by atoms with Crippen molar-refractivity contribution < 1.29 is 9.59 Å². The molecule has 6 nitrogen and oxygen atoms in total. The molecular weight excluding hydrogens is 352 g/mol. The Bertz CT molecular complexity index is 1030. The normalized spacial score (nSPS) is 13.0. The smallest absolute Gasteiger partial charge is 0.274 e. The van der Waals surface area contributed by atoms with Crippen LogP contribution < -0.4 is 10.6 Å². The van der Waals surface area contributed by atoms with Crippen molar-refractivity contribution in [1.29, 1.82) is 0 Å². The summed E-state index contributed by atoms with van der Waals surface area (Å²) in [5, 5.41) is 6.15. The highest BCUT2D eigenvalue weighted by molar-refractivity contribution is 6.04. The highest BCUT2D eigenvalue weighted by Crippen LogP contribution is 2.26. The molecule has 3 aromatic rings. The molecule has 1 aliphatic carbocycles. The van der Waals surface area contributed by atoms with Gasteiger partial charge in [-0.1, -0.05) is 42.5 Å². The van der Waals surface area contributed by atoms with E-state index >= 15 is 0 Å². The quantitative estimate of drug-likeness (QED) is 0.635. The number of carbonyl (C=O) groups excluding carboxylic acids is 2. The number of hydrogen-bond acceptors (Lipinski definition) is 5. The van der Waals surface area contributed by atoms with Gasteiger partial charge in [0.05, 0.1) is 0 Å². The maximum absolute atomic E-state index is 12.8. The third kappa shape index (κ3) is 4.23. The molecule has 0 radical (unpaired) electrons. The number of benzene rings is 2. The van der Waals surface area contributed by atoms with Crippen molar-refractivity contribution in [3.63, 3.8) is 0 Å². The molecule has 1 heterocycles. The first-order chi connectivity index (χ1) is 13.6. The number of carbonyl (C=O) groups is 2. The monoisotopic (exact) mass is 372 g/mol. The van der Waals surface area contributed by atoms with Crippen molar-refractivity contribution in [1.82, 2.24) is 9.97 Å². The van der Waals surface area contributed by atoms with Gasteiger partial charge < -0.3 is 10.6 Å². The molecule has 2 aromatic carbocycles. The number of amides is 1. The largest absolute Gasteiger partial charge is 0.367 e. The van der Waals surface area contributed by atoms with Crippen molar-refractivity contribution in [2.24, 2.45) is 0 Å². The summed E-state index contributed by atoms with van der Waals surface area (Å²) in [5.41, 5.74) is 2.20. The number of anilines is 2. The van der Waals surface area contributed by atoms with Crippen LogP contribution in [-0.4, -0.2) is 27.7 Å².